The number of aromatic nitrogens is 1. The lowest BCUT2D eigenvalue weighted by atomic mass is 10.1. The minimum absolute atomic E-state index is 0.330. The molecule has 1 aromatic rings. The van der Waals surface area contributed by atoms with Crippen LogP contribution in [0.15, 0.2) is 12.3 Å². The van der Waals surface area contributed by atoms with Gasteiger partial charge in [0.2, 0.25) is 0 Å². The highest BCUT2D eigenvalue weighted by atomic mass is 16.5. The zero-order valence-electron chi connectivity index (χ0n) is 7.42. The molecule has 0 amide bonds. The molecule has 0 saturated heterocycles. The molecule has 0 aliphatic heterocycles. The Kier molecular flexibility index (Phi) is 2.43. The van der Waals surface area contributed by atoms with E-state index in [1.165, 1.54) is 7.11 Å². The van der Waals surface area contributed by atoms with E-state index in [2.05, 4.69) is 9.72 Å². The molecular weight excluding hydrogens is 154 g/mol. The molecular formula is C9H11NO2. The Bertz CT molecular complexity index is 307. The summed E-state index contributed by atoms with van der Waals surface area (Å²) in [6.07, 6.45) is 1.72. The van der Waals surface area contributed by atoms with E-state index in [0.717, 1.165) is 5.56 Å². The van der Waals surface area contributed by atoms with Crippen LogP contribution in [-0.4, -0.2) is 18.1 Å². The third-order valence-electron chi connectivity index (χ3n) is 1.63. The van der Waals surface area contributed by atoms with Gasteiger partial charge in [0.05, 0.1) is 18.4 Å². The second-order valence-corrected chi connectivity index (χ2v) is 2.64. The molecule has 0 spiro atoms. The van der Waals surface area contributed by atoms with E-state index in [0.29, 0.717) is 11.3 Å². The molecule has 0 aromatic carbocycles. The van der Waals surface area contributed by atoms with Crippen molar-refractivity contribution >= 4 is 5.97 Å². The van der Waals surface area contributed by atoms with Crippen LogP contribution in [0.1, 0.15) is 21.6 Å². The van der Waals surface area contributed by atoms with E-state index < -0.39 is 0 Å². The van der Waals surface area contributed by atoms with Crippen molar-refractivity contribution in [3.05, 3.63) is 29.1 Å². The fourth-order valence-corrected chi connectivity index (χ4v) is 0.954. The second-order valence-electron chi connectivity index (χ2n) is 2.64. The largest absolute Gasteiger partial charge is 0.465 e. The predicted molar refractivity (Wildman–Crippen MR) is 45.1 cm³/mol. The molecule has 0 atom stereocenters. The van der Waals surface area contributed by atoms with Gasteiger partial charge in [0.25, 0.3) is 0 Å². The molecule has 1 aromatic heterocycles. The van der Waals surface area contributed by atoms with Gasteiger partial charge in [-0.15, -0.1) is 0 Å². The van der Waals surface area contributed by atoms with E-state index in [4.69, 9.17) is 0 Å². The number of carbonyl (C=O) groups is 1. The molecule has 1 rings (SSSR count). The third-order valence-corrected chi connectivity index (χ3v) is 1.63. The van der Waals surface area contributed by atoms with E-state index >= 15 is 0 Å². The van der Waals surface area contributed by atoms with Crippen molar-refractivity contribution in [3.63, 3.8) is 0 Å². The molecule has 3 nitrogen and oxygen atoms in total. The standard InChI is InChI=1S/C9H11NO2/c1-6-4-8(9(11)12-3)7(2)10-5-6/h4-5H,1-3H3. The summed E-state index contributed by atoms with van der Waals surface area (Å²) in [6, 6.07) is 1.77. The Morgan fingerprint density at radius 1 is 1.50 bits per heavy atom. The van der Waals surface area contributed by atoms with Gasteiger partial charge in [-0.25, -0.2) is 4.79 Å². The number of hydrogen-bond acceptors (Lipinski definition) is 3. The zero-order valence-corrected chi connectivity index (χ0v) is 7.42. The smallest absolute Gasteiger partial charge is 0.339 e. The maximum absolute atomic E-state index is 11.1. The number of methoxy groups -OCH3 is 1. The highest BCUT2D eigenvalue weighted by Crippen LogP contribution is 2.08. The number of esters is 1. The van der Waals surface area contributed by atoms with Crippen LogP contribution < -0.4 is 0 Å². The Labute approximate surface area is 71.4 Å². The molecule has 64 valence electrons. The minimum Gasteiger partial charge on any atom is -0.465 e. The van der Waals surface area contributed by atoms with Crippen LogP contribution in [0, 0.1) is 13.8 Å². The highest BCUT2D eigenvalue weighted by molar-refractivity contribution is 5.90. The van der Waals surface area contributed by atoms with Gasteiger partial charge in [-0.1, -0.05) is 0 Å². The molecule has 0 unspecified atom stereocenters. The molecule has 3 heteroatoms. The molecule has 0 aliphatic rings. The van der Waals surface area contributed by atoms with E-state index in [1.54, 1.807) is 19.2 Å². The molecule has 0 radical (unpaired) electrons. The van der Waals surface area contributed by atoms with Gasteiger partial charge < -0.3 is 4.74 Å². The summed E-state index contributed by atoms with van der Waals surface area (Å²) >= 11 is 0. The lowest BCUT2D eigenvalue weighted by Gasteiger charge is -2.02. The first-order valence-corrected chi connectivity index (χ1v) is 3.66. The molecule has 0 N–H and O–H groups in total. The summed E-state index contributed by atoms with van der Waals surface area (Å²) in [6.45, 7) is 3.67. The van der Waals surface area contributed by atoms with Crippen LogP contribution >= 0.6 is 0 Å². The number of carbonyl (C=O) groups excluding carboxylic acids is 1. The molecule has 0 fully saturated rings. The van der Waals surface area contributed by atoms with Gasteiger partial charge in [0, 0.05) is 6.20 Å². The van der Waals surface area contributed by atoms with E-state index in [9.17, 15) is 4.79 Å². The van der Waals surface area contributed by atoms with Crippen LogP contribution in [0.5, 0.6) is 0 Å². The molecule has 0 bridgehead atoms. The summed E-state index contributed by atoms with van der Waals surface area (Å²) in [5, 5.41) is 0. The zero-order chi connectivity index (χ0) is 9.14. The maximum Gasteiger partial charge on any atom is 0.339 e. The fourth-order valence-electron chi connectivity index (χ4n) is 0.954. The summed E-state index contributed by atoms with van der Waals surface area (Å²) in [5.41, 5.74) is 2.20. The van der Waals surface area contributed by atoms with E-state index in [-0.39, 0.29) is 5.97 Å². The van der Waals surface area contributed by atoms with Crippen molar-refractivity contribution in [2.24, 2.45) is 0 Å². The first-order valence-electron chi connectivity index (χ1n) is 3.66. The van der Waals surface area contributed by atoms with Gasteiger partial charge in [-0.2, -0.15) is 0 Å². The lowest BCUT2D eigenvalue weighted by molar-refractivity contribution is 0.0599. The Morgan fingerprint density at radius 3 is 2.75 bits per heavy atom. The molecule has 0 saturated carbocycles. The number of nitrogens with zero attached hydrogens (tertiary/aromatic N) is 1. The van der Waals surface area contributed by atoms with Crippen LogP contribution in [0.3, 0.4) is 0 Å². The van der Waals surface area contributed by atoms with Crippen LogP contribution in [0.2, 0.25) is 0 Å². The van der Waals surface area contributed by atoms with Crippen molar-refractivity contribution in [2.75, 3.05) is 7.11 Å². The van der Waals surface area contributed by atoms with Gasteiger partial charge in [0.1, 0.15) is 0 Å². The van der Waals surface area contributed by atoms with Crippen molar-refractivity contribution in [3.8, 4) is 0 Å². The van der Waals surface area contributed by atoms with Gasteiger partial charge in [-0.3, -0.25) is 4.98 Å². The fraction of sp³-hybridized carbons (Fsp3) is 0.333. The van der Waals surface area contributed by atoms with Gasteiger partial charge >= 0.3 is 5.97 Å². The van der Waals surface area contributed by atoms with Crippen LogP contribution in [0.25, 0.3) is 0 Å². The summed E-state index contributed by atoms with van der Waals surface area (Å²) in [5.74, 6) is -0.330. The molecule has 1 heterocycles. The Morgan fingerprint density at radius 2 is 2.17 bits per heavy atom. The first kappa shape index (κ1) is 8.71. The van der Waals surface area contributed by atoms with Gasteiger partial charge in [-0.05, 0) is 25.5 Å². The SMILES string of the molecule is COC(=O)c1cc(C)cnc1C. The second kappa shape index (κ2) is 3.34. The minimum atomic E-state index is -0.330. The normalized spacial score (nSPS) is 9.58. The number of aryl methyl sites for hydroxylation is 2. The topological polar surface area (TPSA) is 39.2 Å². The predicted octanol–water partition coefficient (Wildman–Crippen LogP) is 1.49. The quantitative estimate of drug-likeness (QED) is 0.592. The molecule has 12 heavy (non-hydrogen) atoms. The van der Waals surface area contributed by atoms with Crippen molar-refractivity contribution < 1.29 is 9.53 Å². The summed E-state index contributed by atoms with van der Waals surface area (Å²) in [7, 11) is 1.37. The average Bonchev–Trinajstić information content (AvgIpc) is 2.08. The van der Waals surface area contributed by atoms with Gasteiger partial charge in [0.15, 0.2) is 0 Å². The third kappa shape index (κ3) is 1.61. The number of hydrogen-bond donors (Lipinski definition) is 0. The van der Waals surface area contributed by atoms with Crippen molar-refractivity contribution in [1.82, 2.24) is 4.98 Å². The van der Waals surface area contributed by atoms with Crippen LogP contribution in [0.4, 0.5) is 0 Å². The van der Waals surface area contributed by atoms with Crippen molar-refractivity contribution in [2.45, 2.75) is 13.8 Å². The molecule has 0 aliphatic carbocycles. The van der Waals surface area contributed by atoms with Crippen LogP contribution in [-0.2, 0) is 4.74 Å². The Balaban J connectivity index is 3.13. The number of pyridine rings is 1. The lowest BCUT2D eigenvalue weighted by Crippen LogP contribution is -2.05. The summed E-state index contributed by atoms with van der Waals surface area (Å²) < 4.78 is 4.59. The average molecular weight is 165 g/mol. The maximum atomic E-state index is 11.1. The number of rotatable bonds is 1. The number of ether oxygens (including phenoxy) is 1. The summed E-state index contributed by atoms with van der Waals surface area (Å²) in [4.78, 5) is 15.2. The van der Waals surface area contributed by atoms with E-state index in [1.807, 2.05) is 6.92 Å². The monoisotopic (exact) mass is 165 g/mol. The Hall–Kier alpha value is -1.38. The first-order chi connectivity index (χ1) is 5.65. The highest BCUT2D eigenvalue weighted by Gasteiger charge is 2.09. The van der Waals surface area contributed by atoms with Crippen molar-refractivity contribution in [1.29, 1.82) is 0 Å².